The van der Waals surface area contributed by atoms with Crippen LogP contribution in [-0.4, -0.2) is 24.1 Å². The summed E-state index contributed by atoms with van der Waals surface area (Å²) >= 11 is 0. The van der Waals surface area contributed by atoms with Crippen molar-refractivity contribution in [3.63, 3.8) is 0 Å². The first kappa shape index (κ1) is 20.1. The van der Waals surface area contributed by atoms with Crippen LogP contribution >= 0.6 is 0 Å². The molecule has 0 fully saturated rings. The number of ether oxygens (including phenoxy) is 1. The van der Waals surface area contributed by atoms with E-state index in [0.29, 0.717) is 11.5 Å². The Labute approximate surface area is 169 Å². The third-order valence-electron chi connectivity index (χ3n) is 4.30. The molecule has 6 heteroatoms. The molecule has 0 aliphatic carbocycles. The number of rotatable bonds is 7. The molecule has 148 valence electrons. The lowest BCUT2D eigenvalue weighted by atomic mass is 10.1. The summed E-state index contributed by atoms with van der Waals surface area (Å²) in [5.41, 5.74) is 4.60. The standard InChI is InChI=1S/C23H23N3O3/c1-16-8-3-6-13-21(16)29-15-23(28)26-25-17(2)14-22(27)24-20-12-7-10-18-9-4-5-11-19(18)20/h3-13H,14-15H2,1-2H3,(H,24,27)(H,26,28). The third kappa shape index (κ3) is 5.65. The molecule has 0 saturated heterocycles. The number of anilines is 1. The molecule has 2 amide bonds. The molecule has 2 N–H and O–H groups in total. The number of hydrogen-bond donors (Lipinski definition) is 2. The molecule has 6 nitrogen and oxygen atoms in total. The number of aryl methyl sites for hydroxylation is 1. The number of nitrogens with zero attached hydrogens (tertiary/aromatic N) is 1. The molecule has 0 spiro atoms. The minimum atomic E-state index is -0.387. The van der Waals surface area contributed by atoms with Crippen molar-refractivity contribution >= 4 is 34.0 Å². The fraction of sp³-hybridized carbons (Fsp3) is 0.174. The Morgan fingerprint density at radius 1 is 0.931 bits per heavy atom. The molecule has 3 rings (SSSR count). The third-order valence-corrected chi connectivity index (χ3v) is 4.30. The summed E-state index contributed by atoms with van der Waals surface area (Å²) in [5.74, 6) is 0.0629. The van der Waals surface area contributed by atoms with E-state index >= 15 is 0 Å². The lowest BCUT2D eigenvalue weighted by molar-refractivity contribution is -0.123. The van der Waals surface area contributed by atoms with Gasteiger partial charge in [0.25, 0.3) is 5.91 Å². The Morgan fingerprint density at radius 3 is 2.48 bits per heavy atom. The minimum Gasteiger partial charge on any atom is -0.483 e. The second-order valence-electron chi connectivity index (χ2n) is 6.69. The zero-order valence-corrected chi connectivity index (χ0v) is 16.4. The van der Waals surface area contributed by atoms with Crippen LogP contribution < -0.4 is 15.5 Å². The summed E-state index contributed by atoms with van der Waals surface area (Å²) in [7, 11) is 0. The number of fused-ring (bicyclic) bond motifs is 1. The first-order chi connectivity index (χ1) is 14.0. The average molecular weight is 389 g/mol. The first-order valence-corrected chi connectivity index (χ1v) is 9.31. The maximum Gasteiger partial charge on any atom is 0.277 e. The molecular weight excluding hydrogens is 366 g/mol. The molecule has 0 unspecified atom stereocenters. The topological polar surface area (TPSA) is 79.8 Å². The van der Waals surface area contributed by atoms with Crippen molar-refractivity contribution in [3.8, 4) is 5.75 Å². The van der Waals surface area contributed by atoms with Gasteiger partial charge in [0.1, 0.15) is 5.75 Å². The lowest BCUT2D eigenvalue weighted by Gasteiger charge is -2.09. The molecule has 0 radical (unpaired) electrons. The average Bonchev–Trinajstić information content (AvgIpc) is 2.72. The Hall–Kier alpha value is -3.67. The van der Waals surface area contributed by atoms with E-state index in [0.717, 1.165) is 22.0 Å². The van der Waals surface area contributed by atoms with E-state index < -0.39 is 0 Å². The van der Waals surface area contributed by atoms with E-state index in [1.54, 1.807) is 13.0 Å². The van der Waals surface area contributed by atoms with Gasteiger partial charge in [-0.3, -0.25) is 9.59 Å². The predicted octanol–water partition coefficient (Wildman–Crippen LogP) is 4.05. The normalized spacial score (nSPS) is 11.2. The number of carbonyl (C=O) groups excluding carboxylic acids is 2. The van der Waals surface area contributed by atoms with E-state index in [-0.39, 0.29) is 24.8 Å². The van der Waals surface area contributed by atoms with Crippen molar-refractivity contribution in [1.82, 2.24) is 5.43 Å². The number of benzene rings is 3. The van der Waals surface area contributed by atoms with Gasteiger partial charge in [-0.2, -0.15) is 5.10 Å². The maximum absolute atomic E-state index is 12.3. The van der Waals surface area contributed by atoms with Crippen molar-refractivity contribution in [3.05, 3.63) is 72.3 Å². The lowest BCUT2D eigenvalue weighted by Crippen LogP contribution is -2.26. The van der Waals surface area contributed by atoms with Gasteiger partial charge in [-0.25, -0.2) is 5.43 Å². The van der Waals surface area contributed by atoms with Crippen LogP contribution in [0.15, 0.2) is 71.8 Å². The highest BCUT2D eigenvalue weighted by Crippen LogP contribution is 2.23. The molecule has 0 saturated carbocycles. The second-order valence-corrected chi connectivity index (χ2v) is 6.69. The van der Waals surface area contributed by atoms with Crippen molar-refractivity contribution in [2.75, 3.05) is 11.9 Å². The van der Waals surface area contributed by atoms with Crippen LogP contribution in [0.2, 0.25) is 0 Å². The SMILES string of the molecule is CC(CC(=O)Nc1cccc2ccccc12)=NNC(=O)COc1ccccc1C. The monoisotopic (exact) mass is 389 g/mol. The fourth-order valence-corrected chi connectivity index (χ4v) is 2.85. The van der Waals surface area contributed by atoms with Crippen molar-refractivity contribution in [1.29, 1.82) is 0 Å². The number of hydrazone groups is 1. The molecule has 3 aromatic carbocycles. The van der Waals surface area contributed by atoms with E-state index in [9.17, 15) is 9.59 Å². The Bertz CT molecular complexity index is 1050. The van der Waals surface area contributed by atoms with Gasteiger partial charge >= 0.3 is 0 Å². The van der Waals surface area contributed by atoms with Gasteiger partial charge in [0.05, 0.1) is 6.42 Å². The number of hydrogen-bond acceptors (Lipinski definition) is 4. The summed E-state index contributed by atoms with van der Waals surface area (Å²) in [6.07, 6.45) is 0.0716. The smallest absolute Gasteiger partial charge is 0.277 e. The highest BCUT2D eigenvalue weighted by Gasteiger charge is 2.08. The summed E-state index contributed by atoms with van der Waals surface area (Å²) in [6, 6.07) is 21.0. The molecule has 0 bridgehead atoms. The van der Waals surface area contributed by atoms with Crippen LogP contribution in [0.1, 0.15) is 18.9 Å². The van der Waals surface area contributed by atoms with Crippen LogP contribution in [-0.2, 0) is 9.59 Å². The van der Waals surface area contributed by atoms with Crippen LogP contribution in [0.3, 0.4) is 0 Å². The van der Waals surface area contributed by atoms with Gasteiger partial charge in [-0.1, -0.05) is 54.6 Å². The summed E-state index contributed by atoms with van der Waals surface area (Å²) in [4.78, 5) is 24.2. The summed E-state index contributed by atoms with van der Waals surface area (Å²) in [5, 5.41) is 8.90. The van der Waals surface area contributed by atoms with Gasteiger partial charge in [0.15, 0.2) is 6.61 Å². The zero-order valence-electron chi connectivity index (χ0n) is 16.4. The zero-order chi connectivity index (χ0) is 20.6. The van der Waals surface area contributed by atoms with Crippen LogP contribution in [0.4, 0.5) is 5.69 Å². The van der Waals surface area contributed by atoms with E-state index in [4.69, 9.17) is 4.74 Å². The van der Waals surface area contributed by atoms with Crippen LogP contribution in [0.25, 0.3) is 10.8 Å². The first-order valence-electron chi connectivity index (χ1n) is 9.31. The van der Waals surface area contributed by atoms with Gasteiger partial charge in [-0.05, 0) is 36.9 Å². The minimum absolute atomic E-state index is 0.0716. The molecule has 29 heavy (non-hydrogen) atoms. The molecule has 0 atom stereocenters. The van der Waals surface area contributed by atoms with Crippen molar-refractivity contribution < 1.29 is 14.3 Å². The molecule has 0 aromatic heterocycles. The second kappa shape index (κ2) is 9.50. The number of nitrogens with one attached hydrogen (secondary N) is 2. The van der Waals surface area contributed by atoms with Crippen molar-refractivity contribution in [2.45, 2.75) is 20.3 Å². The Morgan fingerprint density at radius 2 is 1.66 bits per heavy atom. The number of carbonyl (C=O) groups is 2. The van der Waals surface area contributed by atoms with Gasteiger partial charge in [0, 0.05) is 16.8 Å². The molecular formula is C23H23N3O3. The van der Waals surface area contributed by atoms with Gasteiger partial charge in [-0.15, -0.1) is 0 Å². The quantitative estimate of drug-likeness (QED) is 0.473. The van der Waals surface area contributed by atoms with E-state index in [1.807, 2.05) is 67.6 Å². The molecule has 0 aliphatic heterocycles. The summed E-state index contributed by atoms with van der Waals surface area (Å²) < 4.78 is 5.47. The Kier molecular flexibility index (Phi) is 6.58. The number of amides is 2. The van der Waals surface area contributed by atoms with Gasteiger partial charge in [0.2, 0.25) is 5.91 Å². The number of para-hydroxylation sites is 1. The molecule has 0 heterocycles. The highest BCUT2D eigenvalue weighted by molar-refractivity contribution is 6.09. The highest BCUT2D eigenvalue weighted by atomic mass is 16.5. The fourth-order valence-electron chi connectivity index (χ4n) is 2.85. The maximum atomic E-state index is 12.3. The Balaban J connectivity index is 1.50. The van der Waals surface area contributed by atoms with Crippen molar-refractivity contribution in [2.24, 2.45) is 5.10 Å². The van der Waals surface area contributed by atoms with E-state index in [2.05, 4.69) is 15.8 Å². The predicted molar refractivity (Wildman–Crippen MR) is 115 cm³/mol. The molecule has 3 aromatic rings. The van der Waals surface area contributed by atoms with Crippen LogP contribution in [0.5, 0.6) is 5.75 Å². The summed E-state index contributed by atoms with van der Waals surface area (Å²) in [6.45, 7) is 3.44. The van der Waals surface area contributed by atoms with Crippen LogP contribution in [0, 0.1) is 6.92 Å². The van der Waals surface area contributed by atoms with E-state index in [1.165, 1.54) is 0 Å². The van der Waals surface area contributed by atoms with Gasteiger partial charge < -0.3 is 10.1 Å². The molecule has 0 aliphatic rings. The largest absolute Gasteiger partial charge is 0.483 e.